The summed E-state index contributed by atoms with van der Waals surface area (Å²) in [5.74, 6) is -0.0965. The number of hydrogen-bond acceptors (Lipinski definition) is 4. The van der Waals surface area contributed by atoms with Gasteiger partial charge in [0.1, 0.15) is 12.6 Å². The molecule has 0 aromatic heterocycles. The van der Waals surface area contributed by atoms with E-state index in [1.807, 2.05) is 30.3 Å². The maximum absolute atomic E-state index is 11.7. The fourth-order valence-electron chi connectivity index (χ4n) is 2.00. The molecule has 0 spiro atoms. The van der Waals surface area contributed by atoms with Crippen LogP contribution in [0, 0.1) is 5.92 Å². The second-order valence-electron chi connectivity index (χ2n) is 4.37. The Hall–Kier alpha value is -1.39. The lowest BCUT2D eigenvalue weighted by atomic mass is 10.0. The van der Waals surface area contributed by atoms with E-state index in [4.69, 9.17) is 10.5 Å². The average Bonchev–Trinajstić information content (AvgIpc) is 2.90. The Morgan fingerprint density at radius 2 is 2.24 bits per heavy atom. The highest BCUT2D eigenvalue weighted by Crippen LogP contribution is 2.13. The Bertz CT molecular complexity index is 361. The third-order valence-corrected chi connectivity index (χ3v) is 3.10. The molecule has 0 bridgehead atoms. The first-order valence-corrected chi connectivity index (χ1v) is 5.94. The van der Waals surface area contributed by atoms with Crippen molar-refractivity contribution in [3.05, 3.63) is 35.9 Å². The molecule has 0 unspecified atom stereocenters. The van der Waals surface area contributed by atoms with Crippen LogP contribution in [0.4, 0.5) is 0 Å². The molecule has 4 nitrogen and oxygen atoms in total. The number of carbonyl (C=O) groups is 1. The zero-order chi connectivity index (χ0) is 12.1. The van der Waals surface area contributed by atoms with E-state index in [1.54, 1.807) is 0 Å². The number of carbonyl (C=O) groups excluding carboxylic acids is 1. The molecule has 1 aromatic rings. The van der Waals surface area contributed by atoms with Crippen LogP contribution >= 0.6 is 0 Å². The topological polar surface area (TPSA) is 64.4 Å². The van der Waals surface area contributed by atoms with Crippen molar-refractivity contribution >= 4 is 5.97 Å². The first kappa shape index (κ1) is 12.1. The normalized spacial score (nSPS) is 21.1. The van der Waals surface area contributed by atoms with Gasteiger partial charge >= 0.3 is 5.97 Å². The number of esters is 1. The summed E-state index contributed by atoms with van der Waals surface area (Å²) in [5, 5.41) is 3.19. The third-order valence-electron chi connectivity index (χ3n) is 3.10. The number of nitrogens with one attached hydrogen (secondary N) is 1. The highest BCUT2D eigenvalue weighted by atomic mass is 16.5. The molecule has 1 aliphatic heterocycles. The van der Waals surface area contributed by atoms with Crippen molar-refractivity contribution in [2.24, 2.45) is 11.7 Å². The van der Waals surface area contributed by atoms with Crippen molar-refractivity contribution in [2.45, 2.75) is 19.1 Å². The molecule has 1 heterocycles. The van der Waals surface area contributed by atoms with Gasteiger partial charge in [0.2, 0.25) is 0 Å². The quantitative estimate of drug-likeness (QED) is 0.751. The highest BCUT2D eigenvalue weighted by molar-refractivity contribution is 5.76. The van der Waals surface area contributed by atoms with E-state index < -0.39 is 6.04 Å². The van der Waals surface area contributed by atoms with Gasteiger partial charge in [-0.1, -0.05) is 30.3 Å². The van der Waals surface area contributed by atoms with Crippen molar-refractivity contribution in [1.29, 1.82) is 0 Å². The van der Waals surface area contributed by atoms with Gasteiger partial charge < -0.3 is 15.8 Å². The fourth-order valence-corrected chi connectivity index (χ4v) is 2.00. The molecule has 1 fully saturated rings. The maximum Gasteiger partial charge on any atom is 0.323 e. The van der Waals surface area contributed by atoms with E-state index >= 15 is 0 Å². The predicted octanol–water partition coefficient (Wildman–Crippen LogP) is 0.667. The summed E-state index contributed by atoms with van der Waals surface area (Å²) in [6.45, 7) is 2.04. The molecule has 2 rings (SSSR count). The third kappa shape index (κ3) is 3.28. The van der Waals surface area contributed by atoms with Crippen LogP contribution in [0.5, 0.6) is 0 Å². The molecule has 92 valence electrons. The van der Waals surface area contributed by atoms with Crippen LogP contribution < -0.4 is 11.1 Å². The van der Waals surface area contributed by atoms with Gasteiger partial charge in [0.25, 0.3) is 0 Å². The van der Waals surface area contributed by atoms with E-state index in [1.165, 1.54) is 0 Å². The van der Waals surface area contributed by atoms with Crippen LogP contribution in [0.3, 0.4) is 0 Å². The minimum absolute atomic E-state index is 0.207. The first-order valence-electron chi connectivity index (χ1n) is 5.94. The van der Waals surface area contributed by atoms with Crippen molar-refractivity contribution in [1.82, 2.24) is 5.32 Å². The number of nitrogens with two attached hydrogens (primary N) is 1. The zero-order valence-electron chi connectivity index (χ0n) is 9.76. The lowest BCUT2D eigenvalue weighted by molar-refractivity contribution is -0.147. The number of rotatable bonds is 4. The van der Waals surface area contributed by atoms with Crippen LogP contribution in [0.15, 0.2) is 30.3 Å². The Kier molecular flexibility index (Phi) is 4.12. The Balaban J connectivity index is 1.80. The summed E-state index contributed by atoms with van der Waals surface area (Å²) >= 11 is 0. The highest BCUT2D eigenvalue weighted by Gasteiger charge is 2.28. The molecule has 1 aromatic carbocycles. The lowest BCUT2D eigenvalue weighted by Crippen LogP contribution is -2.40. The molecule has 4 heteroatoms. The summed E-state index contributed by atoms with van der Waals surface area (Å²) in [6.07, 6.45) is 0.946. The monoisotopic (exact) mass is 234 g/mol. The number of hydrogen-bond donors (Lipinski definition) is 2. The van der Waals surface area contributed by atoms with E-state index in [0.717, 1.165) is 25.1 Å². The fraction of sp³-hybridized carbons (Fsp3) is 0.462. The largest absolute Gasteiger partial charge is 0.460 e. The van der Waals surface area contributed by atoms with Crippen molar-refractivity contribution < 1.29 is 9.53 Å². The van der Waals surface area contributed by atoms with Gasteiger partial charge in [-0.05, 0) is 24.4 Å². The Morgan fingerprint density at radius 1 is 1.47 bits per heavy atom. The smallest absolute Gasteiger partial charge is 0.323 e. The van der Waals surface area contributed by atoms with Crippen molar-refractivity contribution in [2.75, 3.05) is 13.1 Å². The van der Waals surface area contributed by atoms with Gasteiger partial charge in [0.05, 0.1) is 0 Å². The predicted molar refractivity (Wildman–Crippen MR) is 65.2 cm³/mol. The zero-order valence-corrected chi connectivity index (χ0v) is 9.76. The summed E-state index contributed by atoms with van der Waals surface area (Å²) in [4.78, 5) is 11.7. The van der Waals surface area contributed by atoms with E-state index in [9.17, 15) is 4.79 Å². The molecule has 1 aliphatic rings. The summed E-state index contributed by atoms with van der Waals surface area (Å²) in [7, 11) is 0. The van der Waals surface area contributed by atoms with Crippen LogP contribution in [0.2, 0.25) is 0 Å². The average molecular weight is 234 g/mol. The standard InChI is InChI=1S/C13H18N2O2/c14-12(11-6-7-15-8-11)13(16)17-9-10-4-2-1-3-5-10/h1-5,11-12,15H,6-9,14H2/t11-,12+/m0/s1. The Morgan fingerprint density at radius 3 is 2.88 bits per heavy atom. The molecular weight excluding hydrogens is 216 g/mol. The first-order chi connectivity index (χ1) is 8.27. The van der Waals surface area contributed by atoms with Gasteiger partial charge in [-0.2, -0.15) is 0 Å². The molecule has 0 radical (unpaired) electrons. The molecule has 17 heavy (non-hydrogen) atoms. The molecule has 1 saturated heterocycles. The van der Waals surface area contributed by atoms with Gasteiger partial charge in [-0.25, -0.2) is 0 Å². The minimum Gasteiger partial charge on any atom is -0.460 e. The van der Waals surface area contributed by atoms with Crippen LogP contribution in [0.1, 0.15) is 12.0 Å². The van der Waals surface area contributed by atoms with Gasteiger partial charge in [0.15, 0.2) is 0 Å². The second-order valence-corrected chi connectivity index (χ2v) is 4.37. The van der Waals surface area contributed by atoms with Crippen LogP contribution in [-0.4, -0.2) is 25.1 Å². The van der Waals surface area contributed by atoms with Crippen molar-refractivity contribution in [3.63, 3.8) is 0 Å². The van der Waals surface area contributed by atoms with Gasteiger partial charge in [-0.15, -0.1) is 0 Å². The molecule has 0 aliphatic carbocycles. The molecule has 0 amide bonds. The van der Waals surface area contributed by atoms with E-state index in [2.05, 4.69) is 5.32 Å². The second kappa shape index (κ2) is 5.80. The van der Waals surface area contributed by atoms with Crippen LogP contribution in [0.25, 0.3) is 0 Å². The SMILES string of the molecule is N[C@@H](C(=O)OCc1ccccc1)[C@H]1CCNC1. The lowest BCUT2D eigenvalue weighted by Gasteiger charge is -2.16. The van der Waals surface area contributed by atoms with Crippen molar-refractivity contribution in [3.8, 4) is 0 Å². The summed E-state index contributed by atoms with van der Waals surface area (Å²) < 4.78 is 5.21. The summed E-state index contributed by atoms with van der Waals surface area (Å²) in [6, 6.07) is 9.12. The maximum atomic E-state index is 11.7. The van der Waals surface area contributed by atoms with Crippen LogP contribution in [-0.2, 0) is 16.1 Å². The molecular formula is C13H18N2O2. The molecule has 3 N–H and O–H groups in total. The van der Waals surface area contributed by atoms with Gasteiger partial charge in [0, 0.05) is 6.54 Å². The van der Waals surface area contributed by atoms with E-state index in [-0.39, 0.29) is 11.9 Å². The van der Waals surface area contributed by atoms with Gasteiger partial charge in [-0.3, -0.25) is 4.79 Å². The number of benzene rings is 1. The Labute approximate surface area is 101 Å². The summed E-state index contributed by atoms with van der Waals surface area (Å²) in [5.41, 5.74) is 6.86. The minimum atomic E-state index is -0.506. The molecule has 2 atom stereocenters. The number of ether oxygens (including phenoxy) is 1. The van der Waals surface area contributed by atoms with E-state index in [0.29, 0.717) is 6.61 Å². The molecule has 0 saturated carbocycles.